The Labute approximate surface area is 185 Å². The summed E-state index contributed by atoms with van der Waals surface area (Å²) >= 11 is 0. The lowest BCUT2D eigenvalue weighted by Crippen LogP contribution is -2.69. The van der Waals surface area contributed by atoms with Gasteiger partial charge in [0, 0.05) is 50.0 Å². The van der Waals surface area contributed by atoms with Crippen LogP contribution in [0.3, 0.4) is 0 Å². The minimum atomic E-state index is 0. The molecule has 3 unspecified atom stereocenters. The largest absolute Gasteiger partial charge is 0.378 e. The number of aliphatic imine (C=N–C) groups is 1. The number of hydrogen-bond acceptors (Lipinski definition) is 4. The molecule has 4 rings (SSSR count). The Balaban J connectivity index is 0.00000225. The number of aryl methyl sites for hydroxylation is 1. The highest BCUT2D eigenvalue weighted by Gasteiger charge is 2.59. The molecule has 2 aliphatic carbocycles. The molecule has 0 aromatic carbocycles. The van der Waals surface area contributed by atoms with Crippen molar-refractivity contribution in [1.82, 2.24) is 20.0 Å². The van der Waals surface area contributed by atoms with Crippen molar-refractivity contribution in [2.75, 3.05) is 32.8 Å². The zero-order chi connectivity index (χ0) is 18.9. The smallest absolute Gasteiger partial charge is 0.194 e. The minimum absolute atomic E-state index is 0. The van der Waals surface area contributed by atoms with Gasteiger partial charge in [-0.25, -0.2) is 0 Å². The summed E-state index contributed by atoms with van der Waals surface area (Å²) in [5.41, 5.74) is 1.47. The summed E-state index contributed by atoms with van der Waals surface area (Å²) < 4.78 is 13.8. The van der Waals surface area contributed by atoms with E-state index in [0.717, 1.165) is 44.2 Å². The highest BCUT2D eigenvalue weighted by Crippen LogP contribution is 2.57. The van der Waals surface area contributed by atoms with Crippen molar-refractivity contribution in [2.45, 2.75) is 57.8 Å². The molecule has 2 saturated carbocycles. The predicted molar refractivity (Wildman–Crippen MR) is 120 cm³/mol. The molecule has 0 radical (unpaired) electrons. The third kappa shape index (κ3) is 4.05. The van der Waals surface area contributed by atoms with E-state index < -0.39 is 0 Å². The van der Waals surface area contributed by atoms with E-state index in [1.165, 1.54) is 19.3 Å². The van der Waals surface area contributed by atoms with Gasteiger partial charge in [0.05, 0.1) is 25.5 Å². The lowest BCUT2D eigenvalue weighted by atomic mass is 9.51. The fourth-order valence-corrected chi connectivity index (χ4v) is 4.83. The molecule has 158 valence electrons. The van der Waals surface area contributed by atoms with Crippen molar-refractivity contribution in [2.24, 2.45) is 17.5 Å². The summed E-state index contributed by atoms with van der Waals surface area (Å²) in [5, 5.41) is 8.09. The molecule has 7 nitrogen and oxygen atoms in total. The van der Waals surface area contributed by atoms with Gasteiger partial charge in [0.15, 0.2) is 5.96 Å². The third-order valence-corrected chi connectivity index (χ3v) is 6.51. The van der Waals surface area contributed by atoms with Crippen molar-refractivity contribution in [3.63, 3.8) is 0 Å². The number of ether oxygens (including phenoxy) is 2. The second-order valence-electron chi connectivity index (χ2n) is 8.01. The Morgan fingerprint density at radius 1 is 1.43 bits per heavy atom. The van der Waals surface area contributed by atoms with E-state index in [1.54, 1.807) is 0 Å². The first-order valence-electron chi connectivity index (χ1n) is 10.4. The van der Waals surface area contributed by atoms with Gasteiger partial charge >= 0.3 is 0 Å². The number of guanidine groups is 1. The monoisotopic (exact) mass is 503 g/mol. The highest BCUT2D eigenvalue weighted by molar-refractivity contribution is 14.0. The first kappa shape index (κ1) is 21.8. The minimum Gasteiger partial charge on any atom is -0.378 e. The normalized spacial score (nSPS) is 29.0. The van der Waals surface area contributed by atoms with Crippen LogP contribution in [0.1, 0.15) is 51.2 Å². The maximum atomic E-state index is 6.01. The van der Waals surface area contributed by atoms with E-state index in [0.29, 0.717) is 24.2 Å². The van der Waals surface area contributed by atoms with Gasteiger partial charge in [-0.3, -0.25) is 9.67 Å². The van der Waals surface area contributed by atoms with Crippen LogP contribution in [0.5, 0.6) is 0 Å². The fraction of sp³-hybridized carbons (Fsp3) is 0.800. The number of nitrogens with one attached hydrogen (secondary N) is 1. The van der Waals surface area contributed by atoms with Crippen LogP contribution in [0.25, 0.3) is 0 Å². The molecule has 0 amide bonds. The van der Waals surface area contributed by atoms with Crippen LogP contribution in [0, 0.1) is 5.41 Å². The van der Waals surface area contributed by atoms with Crippen molar-refractivity contribution in [3.8, 4) is 0 Å². The third-order valence-electron chi connectivity index (χ3n) is 6.51. The van der Waals surface area contributed by atoms with Crippen LogP contribution >= 0.6 is 24.0 Å². The van der Waals surface area contributed by atoms with Crippen molar-refractivity contribution in [1.29, 1.82) is 0 Å². The molecule has 1 N–H and O–H groups in total. The van der Waals surface area contributed by atoms with Gasteiger partial charge in [0.25, 0.3) is 0 Å². The van der Waals surface area contributed by atoms with Crippen molar-refractivity contribution < 1.29 is 9.47 Å². The first-order valence-corrected chi connectivity index (χ1v) is 10.4. The topological polar surface area (TPSA) is 63.9 Å². The van der Waals surface area contributed by atoms with E-state index >= 15 is 0 Å². The molecule has 1 saturated heterocycles. The Morgan fingerprint density at radius 2 is 2.25 bits per heavy atom. The second kappa shape index (κ2) is 9.30. The SMILES string of the molecule is CCN=C(NC1CC(OCC)C12CCC2)N1CCOC(c2cnn(C)c2)C1.I. The van der Waals surface area contributed by atoms with Gasteiger partial charge < -0.3 is 19.7 Å². The average molecular weight is 503 g/mol. The second-order valence-corrected chi connectivity index (χ2v) is 8.01. The molecule has 2 heterocycles. The average Bonchev–Trinajstić information content (AvgIpc) is 3.05. The predicted octanol–water partition coefficient (Wildman–Crippen LogP) is 2.72. The molecule has 1 aromatic heterocycles. The Morgan fingerprint density at radius 3 is 2.86 bits per heavy atom. The zero-order valence-electron chi connectivity index (χ0n) is 17.3. The fourth-order valence-electron chi connectivity index (χ4n) is 4.83. The van der Waals surface area contributed by atoms with E-state index in [4.69, 9.17) is 14.5 Å². The van der Waals surface area contributed by atoms with E-state index in [9.17, 15) is 0 Å². The summed E-state index contributed by atoms with van der Waals surface area (Å²) in [6, 6.07) is 0.479. The van der Waals surface area contributed by atoms with Gasteiger partial charge in [0.1, 0.15) is 6.10 Å². The van der Waals surface area contributed by atoms with Gasteiger partial charge in [-0.2, -0.15) is 5.10 Å². The molecule has 3 atom stereocenters. The Bertz CT molecular complexity index is 675. The first-order chi connectivity index (χ1) is 13.2. The number of hydrogen-bond donors (Lipinski definition) is 1. The van der Waals surface area contributed by atoms with Gasteiger partial charge in [0.2, 0.25) is 0 Å². The molecule has 28 heavy (non-hydrogen) atoms. The Hall–Kier alpha value is -0.870. The molecule has 3 aliphatic rings. The van der Waals surface area contributed by atoms with Crippen LogP contribution in [0.15, 0.2) is 17.4 Å². The molecule has 1 spiro atoms. The lowest BCUT2D eigenvalue weighted by molar-refractivity contribution is -0.169. The van der Waals surface area contributed by atoms with Crippen LogP contribution in [-0.2, 0) is 16.5 Å². The molecular formula is C20H34IN5O2. The molecule has 3 fully saturated rings. The van der Waals surface area contributed by atoms with E-state index in [1.807, 2.05) is 24.1 Å². The van der Waals surface area contributed by atoms with Crippen LogP contribution in [0.4, 0.5) is 0 Å². The molecule has 1 aromatic rings. The number of nitrogens with zero attached hydrogens (tertiary/aromatic N) is 4. The van der Waals surface area contributed by atoms with Gasteiger partial charge in [-0.15, -0.1) is 24.0 Å². The summed E-state index contributed by atoms with van der Waals surface area (Å²) in [5.74, 6) is 1.03. The van der Waals surface area contributed by atoms with E-state index in [-0.39, 0.29) is 30.1 Å². The summed E-state index contributed by atoms with van der Waals surface area (Å²) in [6.07, 6.45) is 9.37. The van der Waals surface area contributed by atoms with Crippen molar-refractivity contribution in [3.05, 3.63) is 18.0 Å². The van der Waals surface area contributed by atoms with Crippen LogP contribution < -0.4 is 5.32 Å². The number of halogens is 1. The summed E-state index contributed by atoms with van der Waals surface area (Å²) in [7, 11) is 1.94. The highest BCUT2D eigenvalue weighted by atomic mass is 127. The molecular weight excluding hydrogens is 469 g/mol. The number of morpholine rings is 1. The van der Waals surface area contributed by atoms with E-state index in [2.05, 4.69) is 29.2 Å². The zero-order valence-corrected chi connectivity index (χ0v) is 19.6. The van der Waals surface area contributed by atoms with Crippen LogP contribution in [-0.4, -0.2) is 65.6 Å². The van der Waals surface area contributed by atoms with Gasteiger partial charge in [-0.05, 0) is 33.1 Å². The summed E-state index contributed by atoms with van der Waals surface area (Å²) in [6.45, 7) is 8.19. The molecule has 0 bridgehead atoms. The Kier molecular flexibility index (Phi) is 7.25. The quantitative estimate of drug-likeness (QED) is 0.381. The number of aromatic nitrogens is 2. The standard InChI is InChI=1S/C20H33N5O2.HI/c1-4-21-19(23-17-11-18(26-5-2)20(17)7-6-8-20)25-9-10-27-16(14-25)15-12-22-24(3)13-15;/h12-13,16-18H,4-11,14H2,1-3H3,(H,21,23);1H. The lowest BCUT2D eigenvalue weighted by Gasteiger charge is -2.61. The summed E-state index contributed by atoms with van der Waals surface area (Å²) in [4.78, 5) is 7.16. The van der Waals surface area contributed by atoms with Crippen molar-refractivity contribution >= 4 is 29.9 Å². The molecule has 8 heteroatoms. The maximum Gasteiger partial charge on any atom is 0.194 e. The van der Waals surface area contributed by atoms with Crippen LogP contribution in [0.2, 0.25) is 0 Å². The number of rotatable bonds is 5. The van der Waals surface area contributed by atoms with Gasteiger partial charge in [-0.1, -0.05) is 6.42 Å². The maximum absolute atomic E-state index is 6.01. The molecule has 1 aliphatic heterocycles.